The third-order valence-corrected chi connectivity index (χ3v) is 11.8. The van der Waals surface area contributed by atoms with E-state index in [9.17, 15) is 60.7 Å². The highest BCUT2D eigenvalue weighted by molar-refractivity contribution is 5.80. The lowest BCUT2D eigenvalue weighted by Crippen LogP contribution is -2.60. The number of ether oxygens (including phenoxy) is 4. The standard InChI is InChI=1S/C48H77N3O16/c1-29-16-14-12-10-8-6-4-5-7-9-11-13-15-17-35(66-47-45(61)44(50)40(59)28-64-47)24-41-43(46(62)51-30(2)27-49)39(58)26-48(63,67-41)25-34(54)22-38(57)36(55)19-18-32(52)21-33(53)23-42(60)65-31(3)20-37(29)56/h4-17,29-41,43-45,47,52-59,61,63H,18-28,49-50H2,1-3H3,(H,51,62)/b5-4+,8-6+,9-7+,12-10+,13-11+,16-14+,17-15+/t29-,30-,31-,32?,33?,34?,35?,36?,37-,38?,39-,40+,41-,43?,44-,45-,47-,48?/m0/s1. The summed E-state index contributed by atoms with van der Waals surface area (Å²) >= 11 is 0. The number of nitrogens with one attached hydrogen (secondary N) is 1. The highest BCUT2D eigenvalue weighted by Crippen LogP contribution is 2.38. The van der Waals surface area contributed by atoms with Gasteiger partial charge < -0.3 is 86.8 Å². The molecule has 0 aromatic carbocycles. The Kier molecular flexibility index (Phi) is 25.5. The van der Waals surface area contributed by atoms with Crippen LogP contribution in [0.25, 0.3) is 0 Å². The van der Waals surface area contributed by atoms with Crippen molar-refractivity contribution in [3.8, 4) is 0 Å². The van der Waals surface area contributed by atoms with E-state index >= 15 is 0 Å². The molecule has 0 radical (unpaired) electrons. The molecule has 0 aromatic heterocycles. The minimum Gasteiger partial charge on any atom is -0.462 e. The monoisotopic (exact) mass is 952 g/mol. The molecule has 19 heteroatoms. The van der Waals surface area contributed by atoms with Crippen LogP contribution in [0.2, 0.25) is 0 Å². The Labute approximate surface area is 393 Å². The lowest BCUT2D eigenvalue weighted by Gasteiger charge is -2.46. The summed E-state index contributed by atoms with van der Waals surface area (Å²) in [5.41, 5.74) is 11.8. The second kappa shape index (κ2) is 29.5. The van der Waals surface area contributed by atoms with E-state index in [1.165, 1.54) is 0 Å². The maximum atomic E-state index is 13.7. The van der Waals surface area contributed by atoms with Gasteiger partial charge in [0.1, 0.15) is 12.2 Å². The molecule has 380 valence electrons. The molecule has 3 rings (SSSR count). The van der Waals surface area contributed by atoms with Crippen LogP contribution in [0, 0.1) is 11.8 Å². The zero-order valence-electron chi connectivity index (χ0n) is 38.8. The van der Waals surface area contributed by atoms with Gasteiger partial charge in [0.05, 0.1) is 86.0 Å². The highest BCUT2D eigenvalue weighted by Gasteiger charge is 2.50. The molecule has 19 nitrogen and oxygen atoms in total. The van der Waals surface area contributed by atoms with Crippen molar-refractivity contribution >= 4 is 11.9 Å². The van der Waals surface area contributed by atoms with E-state index in [1.807, 2.05) is 37.3 Å². The lowest BCUT2D eigenvalue weighted by atomic mass is 9.82. The SMILES string of the molecule is C[C@@H](CN)NC(=O)C1[C@@H]2CC(O[C@@H]3OC[C@@H](O)[C@H](N)[C@@H]3O)/C=C/C=C/C=C/C=C/C=C/C=C/C=C/[C@H](C)[C@@H](O)C[C@H](C)OC(=O)CC(O)CC(O)CCC(O)C(O)CC(O)CC(O)(C[C@@H]1O)O2. The van der Waals surface area contributed by atoms with Crippen LogP contribution < -0.4 is 16.8 Å². The maximum absolute atomic E-state index is 13.7. The van der Waals surface area contributed by atoms with Crippen molar-refractivity contribution in [1.82, 2.24) is 5.32 Å². The van der Waals surface area contributed by atoms with E-state index in [-0.39, 0.29) is 51.2 Å². The minimum absolute atomic E-state index is 0.0769. The van der Waals surface area contributed by atoms with E-state index in [4.69, 9.17) is 30.4 Å². The number of allylic oxidation sites excluding steroid dienone is 12. The van der Waals surface area contributed by atoms with Crippen molar-refractivity contribution in [2.75, 3.05) is 13.2 Å². The summed E-state index contributed by atoms with van der Waals surface area (Å²) in [7, 11) is 0. The molecule has 0 aromatic rings. The van der Waals surface area contributed by atoms with E-state index in [0.29, 0.717) is 0 Å². The van der Waals surface area contributed by atoms with Crippen LogP contribution in [0.15, 0.2) is 85.1 Å². The third kappa shape index (κ3) is 21.0. The van der Waals surface area contributed by atoms with Crippen molar-refractivity contribution in [3.05, 3.63) is 85.1 Å². The molecule has 2 bridgehead atoms. The number of rotatable bonds is 5. The number of aliphatic hydroxyl groups is 10. The topological polar surface area (TPSA) is 337 Å². The second-order valence-corrected chi connectivity index (χ2v) is 18.0. The molecule has 3 aliphatic rings. The predicted molar refractivity (Wildman–Crippen MR) is 247 cm³/mol. The first-order chi connectivity index (χ1) is 31.7. The molecular formula is C48H77N3O16. The normalized spacial score (nSPS) is 42.7. The molecule has 3 aliphatic heterocycles. The minimum atomic E-state index is -2.27. The summed E-state index contributed by atoms with van der Waals surface area (Å²) in [6, 6.07) is -1.61. The molecule has 15 N–H and O–H groups in total. The highest BCUT2D eigenvalue weighted by atomic mass is 16.7. The number of esters is 1. The Morgan fingerprint density at radius 3 is 1.96 bits per heavy atom. The van der Waals surface area contributed by atoms with Crippen molar-refractivity contribution in [3.63, 3.8) is 0 Å². The molecule has 0 saturated carbocycles. The first-order valence-electron chi connectivity index (χ1n) is 23.1. The maximum Gasteiger partial charge on any atom is 0.308 e. The molecular weight excluding hydrogens is 875 g/mol. The summed E-state index contributed by atoms with van der Waals surface area (Å²) < 4.78 is 23.2. The molecule has 18 atom stereocenters. The Bertz CT molecular complexity index is 1690. The zero-order valence-corrected chi connectivity index (χ0v) is 38.8. The summed E-state index contributed by atoms with van der Waals surface area (Å²) in [5, 5.41) is 111. The van der Waals surface area contributed by atoms with Gasteiger partial charge in [-0.2, -0.15) is 0 Å². The number of cyclic esters (lactones) is 1. The predicted octanol–water partition coefficient (Wildman–Crippen LogP) is -0.544. The number of aliphatic hydroxyl groups excluding tert-OH is 9. The number of carbonyl (C=O) groups excluding carboxylic acids is 2. The number of fused-ring (bicyclic) bond motifs is 2. The van der Waals surface area contributed by atoms with Crippen LogP contribution in [0.4, 0.5) is 0 Å². The molecule has 0 spiro atoms. The first kappa shape index (κ1) is 57.8. The average Bonchev–Trinajstić information content (AvgIpc) is 3.24. The van der Waals surface area contributed by atoms with Gasteiger partial charge in [0, 0.05) is 50.6 Å². The Morgan fingerprint density at radius 2 is 1.34 bits per heavy atom. The van der Waals surface area contributed by atoms with Gasteiger partial charge in [-0.25, -0.2) is 0 Å². The summed E-state index contributed by atoms with van der Waals surface area (Å²) in [5.74, 6) is -5.19. The van der Waals surface area contributed by atoms with E-state index in [0.717, 1.165) is 0 Å². The van der Waals surface area contributed by atoms with Crippen LogP contribution >= 0.6 is 0 Å². The smallest absolute Gasteiger partial charge is 0.308 e. The lowest BCUT2D eigenvalue weighted by molar-refractivity contribution is -0.304. The quantitative estimate of drug-likeness (QED) is 0.154. The van der Waals surface area contributed by atoms with Gasteiger partial charge in [-0.3, -0.25) is 9.59 Å². The van der Waals surface area contributed by atoms with Crippen LogP contribution in [-0.2, 0) is 28.5 Å². The van der Waals surface area contributed by atoms with Gasteiger partial charge in [-0.15, -0.1) is 0 Å². The fourth-order valence-corrected chi connectivity index (χ4v) is 7.91. The number of amides is 1. The van der Waals surface area contributed by atoms with Gasteiger partial charge in [0.2, 0.25) is 5.91 Å². The third-order valence-electron chi connectivity index (χ3n) is 11.8. The molecule has 8 unspecified atom stereocenters. The summed E-state index contributed by atoms with van der Waals surface area (Å²) in [4.78, 5) is 26.2. The molecule has 0 aliphatic carbocycles. The summed E-state index contributed by atoms with van der Waals surface area (Å²) in [6.07, 6.45) is 5.71. The van der Waals surface area contributed by atoms with Crippen LogP contribution in [0.3, 0.4) is 0 Å². The fraction of sp³-hybridized carbons (Fsp3) is 0.667. The van der Waals surface area contributed by atoms with E-state index < -0.39 is 141 Å². The largest absolute Gasteiger partial charge is 0.462 e. The van der Waals surface area contributed by atoms with Crippen molar-refractivity contribution in [2.45, 2.75) is 176 Å². The fourth-order valence-electron chi connectivity index (χ4n) is 7.91. The van der Waals surface area contributed by atoms with Crippen LogP contribution in [-0.4, -0.2) is 174 Å². The number of nitrogens with two attached hydrogens (primary N) is 2. The van der Waals surface area contributed by atoms with E-state index in [1.54, 1.807) is 68.5 Å². The Morgan fingerprint density at radius 1 is 0.746 bits per heavy atom. The van der Waals surface area contributed by atoms with Crippen molar-refractivity contribution in [1.29, 1.82) is 0 Å². The molecule has 67 heavy (non-hydrogen) atoms. The number of hydrogen-bond acceptors (Lipinski definition) is 18. The van der Waals surface area contributed by atoms with Gasteiger partial charge in [-0.05, 0) is 33.1 Å². The van der Waals surface area contributed by atoms with Gasteiger partial charge >= 0.3 is 5.97 Å². The molecule has 3 heterocycles. The van der Waals surface area contributed by atoms with Crippen LogP contribution in [0.1, 0.15) is 78.6 Å². The van der Waals surface area contributed by atoms with Crippen LogP contribution in [0.5, 0.6) is 0 Å². The molecule has 2 saturated heterocycles. The number of hydrogen-bond donors (Lipinski definition) is 13. The second-order valence-electron chi connectivity index (χ2n) is 18.0. The van der Waals surface area contributed by atoms with E-state index in [2.05, 4.69) is 5.32 Å². The van der Waals surface area contributed by atoms with Crippen molar-refractivity contribution < 1.29 is 79.6 Å². The summed E-state index contributed by atoms with van der Waals surface area (Å²) in [6.45, 7) is 4.94. The molecule has 1 amide bonds. The zero-order chi connectivity index (χ0) is 49.7. The number of carbonyl (C=O) groups is 2. The van der Waals surface area contributed by atoms with Gasteiger partial charge in [0.25, 0.3) is 0 Å². The van der Waals surface area contributed by atoms with Crippen molar-refractivity contribution in [2.24, 2.45) is 23.3 Å². The molecule has 2 fully saturated rings. The van der Waals surface area contributed by atoms with Gasteiger partial charge in [-0.1, -0.05) is 92.0 Å². The average molecular weight is 952 g/mol. The van der Waals surface area contributed by atoms with Gasteiger partial charge in [0.15, 0.2) is 12.1 Å². The first-order valence-corrected chi connectivity index (χ1v) is 23.1. The Balaban J connectivity index is 1.90. The Hall–Kier alpha value is -3.48.